The Bertz CT molecular complexity index is 862. The SMILES string of the molecule is COC(=O)[C@H]1[C@@H](CCOC(=O)c2ccc([N+](=O)[O-])cc2)[C@@H]1C(C)(C(=O)OC)C(=O)OC. The van der Waals surface area contributed by atoms with Gasteiger partial charge in [0.25, 0.3) is 5.69 Å². The Hall–Kier alpha value is -3.50. The van der Waals surface area contributed by atoms with Gasteiger partial charge < -0.3 is 18.9 Å². The van der Waals surface area contributed by atoms with Crippen molar-refractivity contribution >= 4 is 29.6 Å². The number of carbonyl (C=O) groups excluding carboxylic acids is 4. The van der Waals surface area contributed by atoms with Gasteiger partial charge in [0.2, 0.25) is 0 Å². The van der Waals surface area contributed by atoms with Crippen LogP contribution in [0, 0.1) is 33.3 Å². The molecule has 0 spiro atoms. The second-order valence-corrected chi connectivity index (χ2v) is 7.15. The lowest BCUT2D eigenvalue weighted by atomic mass is 9.82. The molecule has 0 radical (unpaired) electrons. The predicted molar refractivity (Wildman–Crippen MR) is 103 cm³/mol. The number of esters is 4. The number of nitro groups is 1. The second-order valence-electron chi connectivity index (χ2n) is 7.15. The van der Waals surface area contributed by atoms with Crippen molar-refractivity contribution in [3.8, 4) is 0 Å². The van der Waals surface area contributed by atoms with E-state index in [1.54, 1.807) is 0 Å². The van der Waals surface area contributed by atoms with Crippen LogP contribution < -0.4 is 0 Å². The van der Waals surface area contributed by atoms with E-state index in [1.165, 1.54) is 38.3 Å². The lowest BCUT2D eigenvalue weighted by Gasteiger charge is -2.24. The Kier molecular flexibility index (Phi) is 7.32. The Balaban J connectivity index is 2.09. The molecule has 1 aliphatic rings. The fourth-order valence-corrected chi connectivity index (χ4v) is 3.85. The Morgan fingerprint density at radius 1 is 1.00 bits per heavy atom. The van der Waals surface area contributed by atoms with E-state index in [2.05, 4.69) is 0 Å². The average Bonchev–Trinajstić information content (AvgIpc) is 3.51. The molecule has 168 valence electrons. The van der Waals surface area contributed by atoms with Crippen LogP contribution in [-0.2, 0) is 33.3 Å². The molecule has 0 saturated heterocycles. The van der Waals surface area contributed by atoms with E-state index in [1.807, 2.05) is 0 Å². The predicted octanol–water partition coefficient (Wildman–Crippen LogP) is 1.53. The van der Waals surface area contributed by atoms with E-state index in [9.17, 15) is 29.3 Å². The second kappa shape index (κ2) is 9.54. The van der Waals surface area contributed by atoms with Gasteiger partial charge in [0, 0.05) is 18.1 Å². The van der Waals surface area contributed by atoms with E-state index < -0.39 is 52.0 Å². The molecule has 1 aliphatic carbocycles. The first-order chi connectivity index (χ1) is 14.6. The van der Waals surface area contributed by atoms with Crippen molar-refractivity contribution in [1.29, 1.82) is 0 Å². The van der Waals surface area contributed by atoms with Crippen molar-refractivity contribution in [2.45, 2.75) is 13.3 Å². The van der Waals surface area contributed by atoms with Crippen molar-refractivity contribution in [2.24, 2.45) is 23.2 Å². The van der Waals surface area contributed by atoms with Gasteiger partial charge in [0.05, 0.1) is 44.3 Å². The smallest absolute Gasteiger partial charge is 0.338 e. The van der Waals surface area contributed by atoms with Crippen molar-refractivity contribution in [3.63, 3.8) is 0 Å². The molecule has 0 N–H and O–H groups in total. The molecular weight excluding hydrogens is 414 g/mol. The molecule has 2 rings (SSSR count). The summed E-state index contributed by atoms with van der Waals surface area (Å²) >= 11 is 0. The molecule has 1 saturated carbocycles. The minimum Gasteiger partial charge on any atom is -0.469 e. The van der Waals surface area contributed by atoms with Crippen molar-refractivity contribution in [3.05, 3.63) is 39.9 Å². The first-order valence-corrected chi connectivity index (χ1v) is 9.29. The van der Waals surface area contributed by atoms with Gasteiger partial charge in [-0.2, -0.15) is 0 Å². The monoisotopic (exact) mass is 437 g/mol. The number of hydrogen-bond donors (Lipinski definition) is 0. The topological polar surface area (TPSA) is 148 Å². The zero-order valence-corrected chi connectivity index (χ0v) is 17.5. The maximum absolute atomic E-state index is 12.4. The lowest BCUT2D eigenvalue weighted by Crippen LogP contribution is -2.42. The van der Waals surface area contributed by atoms with E-state index in [0.717, 1.165) is 14.2 Å². The van der Waals surface area contributed by atoms with Crippen LogP contribution in [0.5, 0.6) is 0 Å². The highest BCUT2D eigenvalue weighted by Gasteiger charge is 2.69. The maximum Gasteiger partial charge on any atom is 0.338 e. The van der Waals surface area contributed by atoms with Crippen LogP contribution in [0.15, 0.2) is 24.3 Å². The molecule has 1 fully saturated rings. The van der Waals surface area contributed by atoms with Gasteiger partial charge in [-0.1, -0.05) is 0 Å². The van der Waals surface area contributed by atoms with E-state index in [0.29, 0.717) is 0 Å². The summed E-state index contributed by atoms with van der Waals surface area (Å²) in [5.74, 6) is -5.00. The molecule has 1 aromatic carbocycles. The fraction of sp³-hybridized carbons (Fsp3) is 0.500. The first-order valence-electron chi connectivity index (χ1n) is 9.29. The standard InChI is InChI=1S/C20H23NO10/c1-20(18(24)29-3,19(25)30-4)15-13(14(15)17(23)28-2)9-10-31-16(22)11-5-7-12(8-6-11)21(26)27/h5-8,13-15H,9-10H2,1-4H3/t13-,14+,15+/m1/s1. The third-order valence-electron chi connectivity index (χ3n) is 5.53. The number of benzene rings is 1. The fourth-order valence-electron chi connectivity index (χ4n) is 3.85. The van der Waals surface area contributed by atoms with Crippen LogP contribution in [-0.4, -0.2) is 56.7 Å². The van der Waals surface area contributed by atoms with Crippen LogP contribution in [0.3, 0.4) is 0 Å². The van der Waals surface area contributed by atoms with Gasteiger partial charge in [-0.25, -0.2) is 4.79 Å². The molecule has 0 unspecified atom stereocenters. The third kappa shape index (κ3) is 4.65. The lowest BCUT2D eigenvalue weighted by molar-refractivity contribution is -0.384. The molecule has 11 heteroatoms. The Morgan fingerprint density at radius 2 is 1.55 bits per heavy atom. The molecule has 0 heterocycles. The van der Waals surface area contributed by atoms with Gasteiger partial charge in [0.1, 0.15) is 0 Å². The summed E-state index contributed by atoms with van der Waals surface area (Å²) in [6.07, 6.45) is 0.173. The van der Waals surface area contributed by atoms with Crippen LogP contribution >= 0.6 is 0 Å². The number of nitrogens with zero attached hydrogens (tertiary/aromatic N) is 1. The minimum absolute atomic E-state index is 0.108. The summed E-state index contributed by atoms with van der Waals surface area (Å²) in [4.78, 5) is 59.1. The summed E-state index contributed by atoms with van der Waals surface area (Å²) in [7, 11) is 3.44. The number of non-ortho nitro benzene ring substituents is 1. The van der Waals surface area contributed by atoms with E-state index in [4.69, 9.17) is 18.9 Å². The molecule has 31 heavy (non-hydrogen) atoms. The molecule has 0 bridgehead atoms. The highest BCUT2D eigenvalue weighted by Crippen LogP contribution is 2.59. The Morgan fingerprint density at radius 3 is 2.00 bits per heavy atom. The summed E-state index contributed by atoms with van der Waals surface area (Å²) in [5, 5.41) is 10.7. The van der Waals surface area contributed by atoms with Gasteiger partial charge in [-0.15, -0.1) is 0 Å². The molecule has 0 aliphatic heterocycles. The minimum atomic E-state index is -1.73. The molecule has 3 atom stereocenters. The number of rotatable bonds is 9. The van der Waals surface area contributed by atoms with Gasteiger partial charge in [0.15, 0.2) is 5.41 Å². The number of nitro benzene ring substituents is 1. The third-order valence-corrected chi connectivity index (χ3v) is 5.53. The molecule has 0 aromatic heterocycles. The number of hydrogen-bond acceptors (Lipinski definition) is 10. The summed E-state index contributed by atoms with van der Waals surface area (Å²) in [6, 6.07) is 4.89. The normalized spacial score (nSPS) is 19.7. The largest absolute Gasteiger partial charge is 0.469 e. The van der Waals surface area contributed by atoms with E-state index >= 15 is 0 Å². The molecule has 1 aromatic rings. The molecular formula is C20H23NO10. The van der Waals surface area contributed by atoms with Crippen LogP contribution in [0.25, 0.3) is 0 Å². The molecule has 11 nitrogen and oxygen atoms in total. The van der Waals surface area contributed by atoms with Crippen LogP contribution in [0.1, 0.15) is 23.7 Å². The van der Waals surface area contributed by atoms with Crippen molar-refractivity contribution in [2.75, 3.05) is 27.9 Å². The molecule has 0 amide bonds. The van der Waals surface area contributed by atoms with Crippen LogP contribution in [0.4, 0.5) is 5.69 Å². The summed E-state index contributed by atoms with van der Waals surface area (Å²) < 4.78 is 19.5. The van der Waals surface area contributed by atoms with Gasteiger partial charge in [-0.3, -0.25) is 24.5 Å². The first kappa shape index (κ1) is 23.8. The summed E-state index contributed by atoms with van der Waals surface area (Å²) in [6.45, 7) is 1.23. The van der Waals surface area contributed by atoms with Crippen molar-refractivity contribution < 1.29 is 43.0 Å². The Labute approximate surface area is 177 Å². The zero-order chi connectivity index (χ0) is 23.3. The van der Waals surface area contributed by atoms with Gasteiger partial charge >= 0.3 is 23.9 Å². The number of ether oxygens (including phenoxy) is 4. The highest BCUT2D eigenvalue weighted by atomic mass is 16.6. The quantitative estimate of drug-likeness (QED) is 0.183. The zero-order valence-electron chi connectivity index (χ0n) is 17.5. The van der Waals surface area contributed by atoms with Crippen molar-refractivity contribution in [1.82, 2.24) is 0 Å². The number of methoxy groups -OCH3 is 3. The number of carbonyl (C=O) groups is 4. The maximum atomic E-state index is 12.4. The van der Waals surface area contributed by atoms with Gasteiger partial charge in [-0.05, 0) is 31.4 Å². The summed E-state index contributed by atoms with van der Waals surface area (Å²) in [5.41, 5.74) is -1.77. The van der Waals surface area contributed by atoms with E-state index in [-0.39, 0.29) is 24.3 Å². The average molecular weight is 437 g/mol. The van der Waals surface area contributed by atoms with Crippen LogP contribution in [0.2, 0.25) is 0 Å². The highest BCUT2D eigenvalue weighted by molar-refractivity contribution is 6.01.